The highest BCUT2D eigenvalue weighted by Crippen LogP contribution is 2.31. The maximum Gasteiger partial charge on any atom is 0.326 e. The number of aryl methyl sites for hydroxylation is 1. The summed E-state index contributed by atoms with van der Waals surface area (Å²) < 4.78 is 5.24. The second-order valence-corrected chi connectivity index (χ2v) is 5.35. The Morgan fingerprint density at radius 1 is 1.37 bits per heavy atom. The first-order valence-electron chi connectivity index (χ1n) is 7.14. The van der Waals surface area contributed by atoms with E-state index >= 15 is 0 Å². The van der Waals surface area contributed by atoms with Crippen LogP contribution in [0, 0.1) is 6.92 Å². The van der Waals surface area contributed by atoms with Crippen molar-refractivity contribution in [2.24, 2.45) is 0 Å². The molecule has 0 bridgehead atoms. The van der Waals surface area contributed by atoms with Crippen LogP contribution in [0.1, 0.15) is 43.7 Å². The lowest BCUT2D eigenvalue weighted by atomic mass is 9.97. The molecule has 1 aliphatic carbocycles. The summed E-state index contributed by atoms with van der Waals surface area (Å²) in [5.41, 5.74) is 2.01. The zero-order valence-corrected chi connectivity index (χ0v) is 11.9. The Morgan fingerprint density at radius 3 is 2.74 bits per heavy atom. The summed E-state index contributed by atoms with van der Waals surface area (Å²) >= 11 is 0. The van der Waals surface area contributed by atoms with Gasteiger partial charge in [0.05, 0.1) is 6.61 Å². The highest BCUT2D eigenvalue weighted by atomic mass is 16.5. The van der Waals surface area contributed by atoms with Crippen LogP contribution < -0.4 is 5.32 Å². The predicted octanol–water partition coefficient (Wildman–Crippen LogP) is 2.96. The van der Waals surface area contributed by atoms with Gasteiger partial charge in [0.15, 0.2) is 0 Å². The van der Waals surface area contributed by atoms with Crippen molar-refractivity contribution in [3.63, 3.8) is 0 Å². The molecule has 1 N–H and O–H groups in total. The zero-order valence-electron chi connectivity index (χ0n) is 11.9. The van der Waals surface area contributed by atoms with Gasteiger partial charge in [-0.25, -0.2) is 0 Å². The average Bonchev–Trinajstić information content (AvgIpc) is 2.87. The van der Waals surface area contributed by atoms with E-state index < -0.39 is 5.54 Å². The zero-order chi connectivity index (χ0) is 13.7. The van der Waals surface area contributed by atoms with E-state index in [2.05, 4.69) is 36.5 Å². The van der Waals surface area contributed by atoms with Crippen LogP contribution in [0.5, 0.6) is 0 Å². The molecule has 0 spiro atoms. The molecule has 0 atom stereocenters. The number of nitrogens with one attached hydrogen (secondary N) is 1. The van der Waals surface area contributed by atoms with Gasteiger partial charge in [-0.05, 0) is 32.3 Å². The molecule has 0 radical (unpaired) electrons. The molecule has 0 aromatic heterocycles. The van der Waals surface area contributed by atoms with Crippen LogP contribution in [0.25, 0.3) is 0 Å². The fourth-order valence-corrected chi connectivity index (χ4v) is 2.79. The van der Waals surface area contributed by atoms with Gasteiger partial charge in [-0.3, -0.25) is 10.1 Å². The molecule has 104 valence electrons. The molecule has 1 aromatic rings. The van der Waals surface area contributed by atoms with Crippen LogP contribution >= 0.6 is 0 Å². The van der Waals surface area contributed by atoms with Crippen LogP contribution in [-0.2, 0) is 16.1 Å². The van der Waals surface area contributed by atoms with Gasteiger partial charge in [0.2, 0.25) is 0 Å². The van der Waals surface area contributed by atoms with Gasteiger partial charge in [0.25, 0.3) is 0 Å². The molecule has 0 heterocycles. The first kappa shape index (κ1) is 14.1. The largest absolute Gasteiger partial charge is 0.465 e. The number of benzene rings is 1. The summed E-state index contributed by atoms with van der Waals surface area (Å²) in [5, 5.41) is 3.45. The third kappa shape index (κ3) is 3.35. The van der Waals surface area contributed by atoms with Crippen molar-refractivity contribution in [1.82, 2.24) is 5.32 Å². The number of esters is 1. The molecule has 0 unspecified atom stereocenters. The van der Waals surface area contributed by atoms with Crippen LogP contribution in [0.2, 0.25) is 0 Å². The summed E-state index contributed by atoms with van der Waals surface area (Å²) in [6.07, 6.45) is 3.97. The molecular formula is C16H23NO2. The third-order valence-corrected chi connectivity index (χ3v) is 3.84. The lowest BCUT2D eigenvalue weighted by molar-refractivity contribution is -0.151. The Morgan fingerprint density at radius 2 is 2.11 bits per heavy atom. The van der Waals surface area contributed by atoms with Crippen LogP contribution in [-0.4, -0.2) is 18.1 Å². The lowest BCUT2D eigenvalue weighted by Gasteiger charge is -2.28. The number of carbonyl (C=O) groups excluding carboxylic acids is 1. The molecule has 1 saturated carbocycles. The van der Waals surface area contributed by atoms with Crippen molar-refractivity contribution in [2.75, 3.05) is 6.61 Å². The second kappa shape index (κ2) is 6.20. The molecule has 1 aromatic carbocycles. The number of carbonyl (C=O) groups is 1. The number of hydrogen-bond donors (Lipinski definition) is 1. The third-order valence-electron chi connectivity index (χ3n) is 3.84. The second-order valence-electron chi connectivity index (χ2n) is 5.35. The molecule has 19 heavy (non-hydrogen) atoms. The van der Waals surface area contributed by atoms with E-state index in [0.29, 0.717) is 6.61 Å². The molecule has 1 aliphatic rings. The first-order chi connectivity index (χ1) is 9.16. The normalized spacial score (nSPS) is 17.4. The van der Waals surface area contributed by atoms with E-state index in [1.165, 1.54) is 11.1 Å². The quantitative estimate of drug-likeness (QED) is 0.828. The summed E-state index contributed by atoms with van der Waals surface area (Å²) in [6.45, 7) is 5.12. The minimum Gasteiger partial charge on any atom is -0.465 e. The molecule has 0 aliphatic heterocycles. The minimum atomic E-state index is -0.459. The molecule has 1 fully saturated rings. The smallest absolute Gasteiger partial charge is 0.326 e. The van der Waals surface area contributed by atoms with Gasteiger partial charge in [0.1, 0.15) is 5.54 Å². The molecular weight excluding hydrogens is 238 g/mol. The Labute approximate surface area is 115 Å². The molecule has 3 heteroatoms. The summed E-state index contributed by atoms with van der Waals surface area (Å²) in [4.78, 5) is 12.2. The fourth-order valence-electron chi connectivity index (χ4n) is 2.79. The van der Waals surface area contributed by atoms with Gasteiger partial charge < -0.3 is 4.74 Å². The van der Waals surface area contributed by atoms with E-state index in [4.69, 9.17) is 4.74 Å². The van der Waals surface area contributed by atoms with E-state index in [-0.39, 0.29) is 5.97 Å². The monoisotopic (exact) mass is 261 g/mol. The SMILES string of the molecule is CCOC(=O)C1(NCc2cccc(C)c2)CCCC1. The van der Waals surface area contributed by atoms with Crippen molar-refractivity contribution in [2.45, 2.75) is 51.6 Å². The topological polar surface area (TPSA) is 38.3 Å². The van der Waals surface area contributed by atoms with Crippen LogP contribution in [0.3, 0.4) is 0 Å². The van der Waals surface area contributed by atoms with E-state index in [1.807, 2.05) is 6.92 Å². The van der Waals surface area contributed by atoms with Crippen molar-refractivity contribution in [1.29, 1.82) is 0 Å². The van der Waals surface area contributed by atoms with Gasteiger partial charge in [-0.15, -0.1) is 0 Å². The Balaban J connectivity index is 2.03. The van der Waals surface area contributed by atoms with Crippen molar-refractivity contribution in [3.05, 3.63) is 35.4 Å². The van der Waals surface area contributed by atoms with Gasteiger partial charge in [0, 0.05) is 6.54 Å². The van der Waals surface area contributed by atoms with Crippen LogP contribution in [0.15, 0.2) is 24.3 Å². The minimum absolute atomic E-state index is 0.0832. The molecule has 2 rings (SSSR count). The maximum atomic E-state index is 12.2. The number of ether oxygens (including phenoxy) is 1. The standard InChI is InChI=1S/C16H23NO2/c1-3-19-15(18)16(9-4-5-10-16)17-12-14-8-6-7-13(2)11-14/h6-8,11,17H,3-5,9-10,12H2,1-2H3. The Hall–Kier alpha value is -1.35. The van der Waals surface area contributed by atoms with Gasteiger partial charge >= 0.3 is 5.97 Å². The lowest BCUT2D eigenvalue weighted by Crippen LogP contribution is -2.50. The summed E-state index contributed by atoms with van der Waals surface area (Å²) in [6, 6.07) is 8.38. The summed E-state index contributed by atoms with van der Waals surface area (Å²) in [7, 11) is 0. The molecule has 0 amide bonds. The first-order valence-corrected chi connectivity index (χ1v) is 7.14. The van der Waals surface area contributed by atoms with Crippen molar-refractivity contribution < 1.29 is 9.53 Å². The van der Waals surface area contributed by atoms with E-state index in [1.54, 1.807) is 0 Å². The molecule has 0 saturated heterocycles. The number of rotatable bonds is 5. The average molecular weight is 261 g/mol. The highest BCUT2D eigenvalue weighted by Gasteiger charge is 2.41. The Kier molecular flexibility index (Phi) is 4.59. The highest BCUT2D eigenvalue weighted by molar-refractivity contribution is 5.81. The maximum absolute atomic E-state index is 12.2. The Bertz CT molecular complexity index is 436. The fraction of sp³-hybridized carbons (Fsp3) is 0.562. The molecule has 3 nitrogen and oxygen atoms in total. The van der Waals surface area contributed by atoms with E-state index in [0.717, 1.165) is 32.2 Å². The van der Waals surface area contributed by atoms with Crippen molar-refractivity contribution >= 4 is 5.97 Å². The van der Waals surface area contributed by atoms with E-state index in [9.17, 15) is 4.79 Å². The van der Waals surface area contributed by atoms with Crippen LogP contribution in [0.4, 0.5) is 0 Å². The van der Waals surface area contributed by atoms with Gasteiger partial charge in [-0.1, -0.05) is 42.7 Å². The predicted molar refractivity (Wildman–Crippen MR) is 75.9 cm³/mol. The van der Waals surface area contributed by atoms with Gasteiger partial charge in [-0.2, -0.15) is 0 Å². The van der Waals surface area contributed by atoms with Crippen molar-refractivity contribution in [3.8, 4) is 0 Å². The number of hydrogen-bond acceptors (Lipinski definition) is 3. The summed E-state index contributed by atoms with van der Waals surface area (Å²) in [5.74, 6) is -0.0832.